The molecule has 1 heterocycles. The van der Waals surface area contributed by atoms with Gasteiger partial charge in [0.25, 0.3) is 0 Å². The molecule has 1 aliphatic rings. The van der Waals surface area contributed by atoms with Crippen molar-refractivity contribution in [2.24, 2.45) is 0 Å². The summed E-state index contributed by atoms with van der Waals surface area (Å²) >= 11 is 0. The van der Waals surface area contributed by atoms with Crippen LogP contribution in [0.3, 0.4) is 0 Å². The van der Waals surface area contributed by atoms with Crippen LogP contribution in [0.25, 0.3) is 0 Å². The van der Waals surface area contributed by atoms with E-state index in [1.807, 2.05) is 50.3 Å². The van der Waals surface area contributed by atoms with Gasteiger partial charge in [0.05, 0.1) is 20.6 Å². The van der Waals surface area contributed by atoms with Crippen LogP contribution in [0.4, 0.5) is 0 Å². The molecule has 0 spiro atoms. The third kappa shape index (κ3) is 7.21. The molecular weight excluding hydrogens is 490 g/mol. The number of methoxy groups -OCH3 is 2. The van der Waals surface area contributed by atoms with Gasteiger partial charge in [-0.2, -0.15) is 0 Å². The Morgan fingerprint density at radius 3 is 2.39 bits per heavy atom. The maximum absolute atomic E-state index is 12.8. The number of esters is 3. The van der Waals surface area contributed by atoms with Crippen LogP contribution >= 0.6 is 0 Å². The lowest BCUT2D eigenvalue weighted by atomic mass is 9.94. The largest absolute Gasteiger partial charge is 0.496 e. The molecule has 2 aromatic carbocycles. The average Bonchev–Trinajstić information content (AvgIpc) is 3.32. The second-order valence-electron chi connectivity index (χ2n) is 8.96. The van der Waals surface area contributed by atoms with E-state index in [4.69, 9.17) is 18.9 Å². The molecule has 0 unspecified atom stereocenters. The monoisotopic (exact) mass is 523 g/mol. The van der Waals surface area contributed by atoms with Crippen molar-refractivity contribution in [3.8, 4) is 11.5 Å². The van der Waals surface area contributed by atoms with Crippen LogP contribution < -0.4 is 14.8 Å². The van der Waals surface area contributed by atoms with Gasteiger partial charge in [-0.05, 0) is 37.8 Å². The first-order valence-electron chi connectivity index (χ1n) is 12.4. The van der Waals surface area contributed by atoms with Gasteiger partial charge in [-0.3, -0.25) is 14.4 Å². The molecule has 1 amide bonds. The zero-order valence-electron chi connectivity index (χ0n) is 22.2. The quantitative estimate of drug-likeness (QED) is 0.251. The Kier molecular flexibility index (Phi) is 10.0. The van der Waals surface area contributed by atoms with Crippen molar-refractivity contribution in [1.82, 2.24) is 5.32 Å². The van der Waals surface area contributed by atoms with Crippen molar-refractivity contribution < 1.29 is 38.1 Å². The summed E-state index contributed by atoms with van der Waals surface area (Å²) in [5.41, 5.74) is 3.91. The Morgan fingerprint density at radius 2 is 1.71 bits per heavy atom. The number of hydrogen-bond acceptors (Lipinski definition) is 8. The van der Waals surface area contributed by atoms with Gasteiger partial charge >= 0.3 is 17.9 Å². The summed E-state index contributed by atoms with van der Waals surface area (Å²) in [5.74, 6) is -1.27. The van der Waals surface area contributed by atoms with E-state index in [0.29, 0.717) is 29.8 Å². The first-order valence-corrected chi connectivity index (χ1v) is 12.4. The van der Waals surface area contributed by atoms with Crippen LogP contribution in [0.15, 0.2) is 42.0 Å². The number of nitrogens with one attached hydrogen (secondary N) is 1. The summed E-state index contributed by atoms with van der Waals surface area (Å²) < 4.78 is 21.3. The number of carbonyl (C=O) groups excluding carboxylic acids is 4. The first-order chi connectivity index (χ1) is 18.2. The Labute approximate surface area is 222 Å². The molecule has 2 aromatic rings. The van der Waals surface area contributed by atoms with Gasteiger partial charge in [0.15, 0.2) is 5.75 Å². The van der Waals surface area contributed by atoms with E-state index in [1.54, 1.807) is 0 Å². The molecule has 0 radical (unpaired) electrons. The third-order valence-electron chi connectivity index (χ3n) is 6.34. The number of hydrogen-bond donors (Lipinski definition) is 1. The molecule has 9 heteroatoms. The van der Waals surface area contributed by atoms with E-state index >= 15 is 0 Å². The second-order valence-corrected chi connectivity index (χ2v) is 8.96. The number of ether oxygens (including phenoxy) is 4. The van der Waals surface area contributed by atoms with Crippen molar-refractivity contribution in [3.63, 3.8) is 0 Å². The van der Waals surface area contributed by atoms with Crippen LogP contribution in [0, 0.1) is 6.92 Å². The Bertz CT molecular complexity index is 1230. The fourth-order valence-corrected chi connectivity index (χ4v) is 4.17. The van der Waals surface area contributed by atoms with Crippen molar-refractivity contribution in [2.75, 3.05) is 14.2 Å². The molecule has 38 heavy (non-hydrogen) atoms. The van der Waals surface area contributed by atoms with Crippen molar-refractivity contribution >= 4 is 23.8 Å². The van der Waals surface area contributed by atoms with Gasteiger partial charge in [-0.1, -0.05) is 42.0 Å². The minimum absolute atomic E-state index is 0.0527. The number of benzene rings is 2. The SMILES string of the molecule is COC(=O)CCC(C)=CCc1c(OC)c(C)c2c(c1OC(=O)CCC(=O)NCc1ccccc1)C(=O)OC2. The smallest absolute Gasteiger partial charge is 0.342 e. The Balaban J connectivity index is 1.77. The van der Waals surface area contributed by atoms with Crippen molar-refractivity contribution in [2.45, 2.75) is 59.1 Å². The van der Waals surface area contributed by atoms with Gasteiger partial charge in [-0.25, -0.2) is 4.79 Å². The molecular formula is C29H33NO8. The van der Waals surface area contributed by atoms with E-state index < -0.39 is 11.9 Å². The summed E-state index contributed by atoms with van der Waals surface area (Å²) in [5, 5.41) is 2.78. The average molecular weight is 524 g/mol. The highest BCUT2D eigenvalue weighted by Gasteiger charge is 2.34. The molecule has 0 saturated heterocycles. The summed E-state index contributed by atoms with van der Waals surface area (Å²) in [7, 11) is 2.85. The topological polar surface area (TPSA) is 117 Å². The molecule has 0 bridgehead atoms. The molecule has 9 nitrogen and oxygen atoms in total. The van der Waals surface area contributed by atoms with E-state index in [1.165, 1.54) is 14.2 Å². The van der Waals surface area contributed by atoms with Crippen molar-refractivity contribution in [1.29, 1.82) is 0 Å². The highest BCUT2D eigenvalue weighted by Crippen LogP contribution is 2.43. The van der Waals surface area contributed by atoms with Gasteiger partial charge in [0.2, 0.25) is 5.91 Å². The number of fused-ring (bicyclic) bond motifs is 1. The molecule has 1 aliphatic heterocycles. The molecule has 0 aliphatic carbocycles. The number of cyclic esters (lactones) is 1. The predicted molar refractivity (Wildman–Crippen MR) is 139 cm³/mol. The maximum Gasteiger partial charge on any atom is 0.342 e. The maximum atomic E-state index is 12.8. The highest BCUT2D eigenvalue weighted by molar-refractivity contribution is 5.99. The number of allylic oxidation sites excluding steroid dienone is 2. The van der Waals surface area contributed by atoms with E-state index in [9.17, 15) is 19.2 Å². The molecule has 3 rings (SSSR count). The summed E-state index contributed by atoms with van der Waals surface area (Å²) in [6, 6.07) is 9.44. The minimum Gasteiger partial charge on any atom is -0.496 e. The molecule has 202 valence electrons. The third-order valence-corrected chi connectivity index (χ3v) is 6.34. The molecule has 0 atom stereocenters. The van der Waals surface area contributed by atoms with Crippen LogP contribution in [-0.2, 0) is 43.4 Å². The fourth-order valence-electron chi connectivity index (χ4n) is 4.17. The van der Waals surface area contributed by atoms with Crippen LogP contribution in [0.5, 0.6) is 11.5 Å². The van der Waals surface area contributed by atoms with Crippen LogP contribution in [0.2, 0.25) is 0 Å². The van der Waals surface area contributed by atoms with Gasteiger partial charge < -0.3 is 24.3 Å². The van der Waals surface area contributed by atoms with E-state index in [-0.39, 0.29) is 55.5 Å². The molecule has 1 N–H and O–H groups in total. The highest BCUT2D eigenvalue weighted by atomic mass is 16.6. The van der Waals surface area contributed by atoms with E-state index in [0.717, 1.165) is 16.7 Å². The van der Waals surface area contributed by atoms with E-state index in [2.05, 4.69) is 5.32 Å². The summed E-state index contributed by atoms with van der Waals surface area (Å²) in [4.78, 5) is 49.2. The lowest BCUT2D eigenvalue weighted by molar-refractivity contribution is -0.140. The standard InChI is InChI=1S/C29H33NO8/c1-18(11-14-24(32)35-3)10-12-21-27(36-4)19(2)22-17-37-29(34)26(22)28(21)38-25(33)15-13-23(31)30-16-20-8-6-5-7-9-20/h5-10H,11-17H2,1-4H3,(H,30,31). The molecule has 0 saturated carbocycles. The lowest BCUT2D eigenvalue weighted by Gasteiger charge is -2.19. The number of carbonyl (C=O) groups is 4. The van der Waals surface area contributed by atoms with Crippen LogP contribution in [0.1, 0.15) is 65.2 Å². The van der Waals surface area contributed by atoms with Crippen molar-refractivity contribution in [3.05, 3.63) is 69.8 Å². The first kappa shape index (κ1) is 28.4. The Morgan fingerprint density at radius 1 is 1.00 bits per heavy atom. The zero-order valence-corrected chi connectivity index (χ0v) is 22.2. The van der Waals surface area contributed by atoms with Gasteiger partial charge in [-0.15, -0.1) is 0 Å². The summed E-state index contributed by atoms with van der Waals surface area (Å²) in [6.45, 7) is 4.11. The van der Waals surface area contributed by atoms with Crippen LogP contribution in [-0.4, -0.2) is 38.0 Å². The number of amides is 1. The Hall–Kier alpha value is -4.14. The van der Waals surface area contributed by atoms with Gasteiger partial charge in [0, 0.05) is 30.5 Å². The minimum atomic E-state index is -0.652. The fraction of sp³-hybridized carbons (Fsp3) is 0.379. The number of rotatable bonds is 12. The zero-order chi connectivity index (χ0) is 27.7. The normalized spacial score (nSPS) is 12.4. The summed E-state index contributed by atoms with van der Waals surface area (Å²) in [6.07, 6.45) is 2.67. The van der Waals surface area contributed by atoms with Gasteiger partial charge in [0.1, 0.15) is 17.9 Å². The molecule has 0 fully saturated rings. The molecule has 0 aromatic heterocycles. The second kappa shape index (κ2) is 13.4. The lowest BCUT2D eigenvalue weighted by Crippen LogP contribution is -2.24. The predicted octanol–water partition coefficient (Wildman–Crippen LogP) is 4.12.